The average Bonchev–Trinajstić information content (AvgIpc) is 3.10. The second-order valence-corrected chi connectivity index (χ2v) is 10.1. The second kappa shape index (κ2) is 12.1. The van der Waals surface area contributed by atoms with Gasteiger partial charge in [-0.3, -0.25) is 9.69 Å². The van der Waals surface area contributed by atoms with Gasteiger partial charge in [-0.2, -0.15) is 0 Å². The number of benzene rings is 3. The zero-order chi connectivity index (χ0) is 25.5. The van der Waals surface area contributed by atoms with Crippen LogP contribution in [0.3, 0.4) is 0 Å². The van der Waals surface area contributed by atoms with Gasteiger partial charge in [0, 0.05) is 0 Å². The van der Waals surface area contributed by atoms with E-state index in [1.54, 1.807) is 4.90 Å². The standard InChI is InChI=1S/C29H29NO4S2/c1-4-32-26-17-23(10-11-25(26)34-13-12-33-24-15-20(2)14-21(3)16-24)18-27-28(31)30(29(35)36-27)19-22-8-6-5-7-9-22/h5-11,14-18H,4,12-13,19H2,1-3H3. The number of carbonyl (C=O) groups excluding carboxylic acids is 1. The topological polar surface area (TPSA) is 48.0 Å². The van der Waals surface area contributed by atoms with Crippen molar-refractivity contribution in [3.8, 4) is 17.2 Å². The lowest BCUT2D eigenvalue weighted by Gasteiger charge is -2.14. The van der Waals surface area contributed by atoms with Crippen LogP contribution >= 0.6 is 24.0 Å². The summed E-state index contributed by atoms with van der Waals surface area (Å²) in [6.45, 7) is 7.78. The summed E-state index contributed by atoms with van der Waals surface area (Å²) in [5, 5.41) is 0. The molecule has 1 amide bonds. The Morgan fingerprint density at radius 1 is 0.889 bits per heavy atom. The van der Waals surface area contributed by atoms with Crippen LogP contribution in [0.25, 0.3) is 6.08 Å². The van der Waals surface area contributed by atoms with Gasteiger partial charge < -0.3 is 14.2 Å². The molecule has 1 fully saturated rings. The number of hydrogen-bond donors (Lipinski definition) is 0. The Bertz CT molecular complexity index is 1250. The number of amides is 1. The molecule has 0 atom stereocenters. The maximum Gasteiger partial charge on any atom is 0.266 e. The van der Waals surface area contributed by atoms with Gasteiger partial charge >= 0.3 is 0 Å². The van der Waals surface area contributed by atoms with Gasteiger partial charge in [-0.1, -0.05) is 66.4 Å². The molecular formula is C29H29NO4S2. The van der Waals surface area contributed by atoms with Crippen LogP contribution in [-0.2, 0) is 11.3 Å². The lowest BCUT2D eigenvalue weighted by atomic mass is 10.1. The van der Waals surface area contributed by atoms with Gasteiger partial charge in [0.1, 0.15) is 23.3 Å². The van der Waals surface area contributed by atoms with E-state index < -0.39 is 0 Å². The largest absolute Gasteiger partial charge is 0.490 e. The van der Waals surface area contributed by atoms with Crippen LogP contribution in [0.2, 0.25) is 0 Å². The van der Waals surface area contributed by atoms with Crippen molar-refractivity contribution in [1.29, 1.82) is 0 Å². The average molecular weight is 520 g/mol. The summed E-state index contributed by atoms with van der Waals surface area (Å²) in [6, 6.07) is 21.6. The number of thiocarbonyl (C=S) groups is 1. The minimum atomic E-state index is -0.0873. The van der Waals surface area contributed by atoms with Gasteiger partial charge in [0.2, 0.25) is 0 Å². The molecule has 0 spiro atoms. The highest BCUT2D eigenvalue weighted by Crippen LogP contribution is 2.35. The Morgan fingerprint density at radius 3 is 2.33 bits per heavy atom. The van der Waals surface area contributed by atoms with E-state index >= 15 is 0 Å². The van der Waals surface area contributed by atoms with Gasteiger partial charge in [0.25, 0.3) is 5.91 Å². The van der Waals surface area contributed by atoms with Gasteiger partial charge in [-0.25, -0.2) is 0 Å². The highest BCUT2D eigenvalue weighted by molar-refractivity contribution is 8.26. The lowest BCUT2D eigenvalue weighted by Crippen LogP contribution is -2.27. The second-order valence-electron chi connectivity index (χ2n) is 8.41. The number of nitrogens with zero attached hydrogens (tertiary/aromatic N) is 1. The molecule has 1 aliphatic heterocycles. The molecule has 0 aliphatic carbocycles. The van der Waals surface area contributed by atoms with E-state index in [0.29, 0.717) is 47.1 Å². The summed E-state index contributed by atoms with van der Waals surface area (Å²) < 4.78 is 18.2. The first-order valence-electron chi connectivity index (χ1n) is 11.8. The first-order chi connectivity index (χ1) is 17.4. The molecule has 1 aliphatic rings. The molecule has 0 radical (unpaired) electrons. The van der Waals surface area contributed by atoms with Crippen LogP contribution in [0.1, 0.15) is 29.2 Å². The van der Waals surface area contributed by atoms with E-state index in [-0.39, 0.29) is 5.91 Å². The maximum absolute atomic E-state index is 13.0. The summed E-state index contributed by atoms with van der Waals surface area (Å²) in [7, 11) is 0. The van der Waals surface area contributed by atoms with E-state index in [9.17, 15) is 4.79 Å². The van der Waals surface area contributed by atoms with Crippen molar-refractivity contribution in [2.45, 2.75) is 27.3 Å². The first kappa shape index (κ1) is 25.8. The van der Waals surface area contributed by atoms with Crippen molar-refractivity contribution in [2.24, 2.45) is 0 Å². The third-order valence-electron chi connectivity index (χ3n) is 5.43. The van der Waals surface area contributed by atoms with Crippen LogP contribution in [0.5, 0.6) is 17.2 Å². The SMILES string of the molecule is CCOc1cc(C=C2SC(=S)N(Cc3ccccc3)C2=O)ccc1OCCOc1cc(C)cc(C)c1. The van der Waals surface area contributed by atoms with Gasteiger partial charge in [-0.15, -0.1) is 0 Å². The van der Waals surface area contributed by atoms with Crippen molar-refractivity contribution in [1.82, 2.24) is 4.90 Å². The molecule has 1 saturated heterocycles. The third-order valence-corrected chi connectivity index (χ3v) is 6.81. The fourth-order valence-corrected chi connectivity index (χ4v) is 5.14. The molecule has 0 unspecified atom stereocenters. The van der Waals surface area contributed by atoms with E-state index in [2.05, 4.69) is 6.07 Å². The molecule has 0 saturated carbocycles. The highest BCUT2D eigenvalue weighted by Gasteiger charge is 2.32. The molecule has 3 aromatic rings. The molecular weight excluding hydrogens is 490 g/mol. The summed E-state index contributed by atoms with van der Waals surface area (Å²) in [6.07, 6.45) is 1.85. The Balaban J connectivity index is 1.41. The van der Waals surface area contributed by atoms with Crippen molar-refractivity contribution < 1.29 is 19.0 Å². The number of rotatable bonds is 10. The molecule has 3 aromatic carbocycles. The van der Waals surface area contributed by atoms with Gasteiger partial charge in [0.05, 0.1) is 18.1 Å². The minimum Gasteiger partial charge on any atom is -0.490 e. The molecule has 0 aromatic heterocycles. The molecule has 0 bridgehead atoms. The molecule has 0 N–H and O–H groups in total. The number of carbonyl (C=O) groups is 1. The smallest absolute Gasteiger partial charge is 0.266 e. The van der Waals surface area contributed by atoms with Gasteiger partial charge in [0.15, 0.2) is 11.5 Å². The minimum absolute atomic E-state index is 0.0873. The fourth-order valence-electron chi connectivity index (χ4n) is 3.88. The summed E-state index contributed by atoms with van der Waals surface area (Å²) in [5.41, 5.74) is 4.21. The van der Waals surface area contributed by atoms with E-state index in [1.807, 2.05) is 87.5 Å². The predicted molar refractivity (Wildman–Crippen MR) is 150 cm³/mol. The van der Waals surface area contributed by atoms with Gasteiger partial charge in [-0.05, 0) is 73.4 Å². The van der Waals surface area contributed by atoms with Crippen molar-refractivity contribution >= 4 is 40.3 Å². The van der Waals surface area contributed by atoms with Crippen molar-refractivity contribution in [3.63, 3.8) is 0 Å². The fraction of sp³-hybridized carbons (Fsp3) is 0.241. The van der Waals surface area contributed by atoms with E-state index in [0.717, 1.165) is 28.0 Å². The van der Waals surface area contributed by atoms with Crippen LogP contribution < -0.4 is 14.2 Å². The van der Waals surface area contributed by atoms with E-state index in [4.69, 9.17) is 26.4 Å². The monoisotopic (exact) mass is 519 g/mol. The summed E-state index contributed by atoms with van der Waals surface area (Å²) in [5.74, 6) is 2.00. The number of ether oxygens (including phenoxy) is 3. The molecule has 5 nitrogen and oxygen atoms in total. The van der Waals surface area contributed by atoms with Crippen LogP contribution in [0.15, 0.2) is 71.6 Å². The third kappa shape index (κ3) is 6.68. The quantitative estimate of drug-likeness (QED) is 0.172. The van der Waals surface area contributed by atoms with Crippen molar-refractivity contribution in [2.75, 3.05) is 19.8 Å². The molecule has 4 rings (SSSR count). The Hall–Kier alpha value is -3.29. The molecule has 36 heavy (non-hydrogen) atoms. The van der Waals surface area contributed by atoms with Crippen LogP contribution in [0.4, 0.5) is 0 Å². The van der Waals surface area contributed by atoms with E-state index in [1.165, 1.54) is 11.8 Å². The number of thioether (sulfide) groups is 1. The normalized spacial score (nSPS) is 14.4. The summed E-state index contributed by atoms with van der Waals surface area (Å²) in [4.78, 5) is 15.2. The Kier molecular flexibility index (Phi) is 8.67. The zero-order valence-electron chi connectivity index (χ0n) is 20.7. The van der Waals surface area contributed by atoms with Crippen LogP contribution in [-0.4, -0.2) is 34.9 Å². The summed E-state index contributed by atoms with van der Waals surface area (Å²) >= 11 is 6.79. The molecule has 1 heterocycles. The first-order valence-corrected chi connectivity index (χ1v) is 13.1. The predicted octanol–water partition coefficient (Wildman–Crippen LogP) is 6.56. The lowest BCUT2D eigenvalue weighted by molar-refractivity contribution is -0.122. The molecule has 7 heteroatoms. The molecule has 186 valence electrons. The maximum atomic E-state index is 13.0. The Morgan fingerprint density at radius 2 is 1.61 bits per heavy atom. The zero-order valence-corrected chi connectivity index (χ0v) is 22.3. The Labute approximate surface area is 222 Å². The number of hydrogen-bond acceptors (Lipinski definition) is 6. The highest BCUT2D eigenvalue weighted by atomic mass is 32.2. The van der Waals surface area contributed by atoms with Crippen molar-refractivity contribution in [3.05, 3.63) is 93.9 Å². The van der Waals surface area contributed by atoms with Crippen LogP contribution in [0, 0.1) is 13.8 Å². The number of aryl methyl sites for hydroxylation is 2.